The van der Waals surface area contributed by atoms with Crippen molar-refractivity contribution < 1.29 is 14.4 Å². The molecule has 1 atom stereocenters. The molecular formula is C23H25N3O3. The molecule has 2 aromatic rings. The quantitative estimate of drug-likeness (QED) is 0.847. The Labute approximate surface area is 170 Å². The van der Waals surface area contributed by atoms with Crippen LogP contribution in [0.1, 0.15) is 49.0 Å². The highest BCUT2D eigenvalue weighted by molar-refractivity contribution is 6.10. The van der Waals surface area contributed by atoms with Crippen LogP contribution in [0.4, 0.5) is 11.4 Å². The molecule has 29 heavy (non-hydrogen) atoms. The molecule has 6 heteroatoms. The van der Waals surface area contributed by atoms with Crippen molar-refractivity contribution in [3.8, 4) is 0 Å². The van der Waals surface area contributed by atoms with E-state index in [2.05, 4.69) is 12.2 Å². The second-order valence-corrected chi connectivity index (χ2v) is 7.77. The molecule has 0 spiro atoms. The Hall–Kier alpha value is -3.15. The number of carbonyl (C=O) groups is 3. The van der Waals surface area contributed by atoms with Crippen molar-refractivity contribution in [3.63, 3.8) is 0 Å². The number of benzene rings is 2. The van der Waals surface area contributed by atoms with Crippen molar-refractivity contribution in [2.45, 2.75) is 45.2 Å². The largest absolute Gasteiger partial charge is 0.326 e. The predicted molar refractivity (Wildman–Crippen MR) is 112 cm³/mol. The summed E-state index contributed by atoms with van der Waals surface area (Å²) in [5.74, 6) is -0.266. The van der Waals surface area contributed by atoms with E-state index in [4.69, 9.17) is 0 Å². The first-order valence-electron chi connectivity index (χ1n) is 10.1. The molecular weight excluding hydrogens is 366 g/mol. The molecule has 0 saturated carbocycles. The molecule has 2 aliphatic rings. The van der Waals surface area contributed by atoms with Gasteiger partial charge in [0.1, 0.15) is 5.66 Å². The number of nitrogens with zero attached hydrogens (tertiary/aromatic N) is 2. The number of amides is 3. The third kappa shape index (κ3) is 3.28. The standard InChI is InChI=1S/C23H25N3O3/c1-3-16-7-6-8-17(15-16)24-20(27)12-14-25-22(29)18-9-4-5-10-19(18)26-21(28)11-13-23(25,26)2/h4-10,15H,3,11-14H2,1-2H3,(H,24,27). The number of anilines is 2. The molecule has 1 unspecified atom stereocenters. The van der Waals surface area contributed by atoms with Gasteiger partial charge in [0, 0.05) is 25.1 Å². The number of fused-ring (bicyclic) bond motifs is 3. The fourth-order valence-corrected chi connectivity index (χ4v) is 4.35. The first-order chi connectivity index (χ1) is 13.9. The zero-order valence-corrected chi connectivity index (χ0v) is 16.8. The van der Waals surface area contributed by atoms with E-state index in [0.717, 1.165) is 17.7 Å². The molecule has 0 radical (unpaired) electrons. The predicted octanol–water partition coefficient (Wildman–Crippen LogP) is 3.58. The molecule has 1 N–H and O–H groups in total. The van der Waals surface area contributed by atoms with E-state index in [1.807, 2.05) is 43.3 Å². The SMILES string of the molecule is CCc1cccc(NC(=O)CCN2C(=O)c3ccccc3N3C(=O)CCC23C)c1. The Morgan fingerprint density at radius 1 is 1.14 bits per heavy atom. The van der Waals surface area contributed by atoms with Crippen LogP contribution in [0.3, 0.4) is 0 Å². The zero-order valence-electron chi connectivity index (χ0n) is 16.8. The summed E-state index contributed by atoms with van der Waals surface area (Å²) in [7, 11) is 0. The topological polar surface area (TPSA) is 69.7 Å². The molecule has 6 nitrogen and oxygen atoms in total. The number of nitrogens with one attached hydrogen (secondary N) is 1. The van der Waals surface area contributed by atoms with Gasteiger partial charge in [0.15, 0.2) is 0 Å². The Morgan fingerprint density at radius 2 is 1.93 bits per heavy atom. The highest BCUT2D eigenvalue weighted by atomic mass is 16.2. The van der Waals surface area contributed by atoms with Gasteiger partial charge in [0.2, 0.25) is 11.8 Å². The van der Waals surface area contributed by atoms with Crippen LogP contribution in [0.15, 0.2) is 48.5 Å². The lowest BCUT2D eigenvalue weighted by Crippen LogP contribution is -2.62. The fourth-order valence-electron chi connectivity index (χ4n) is 4.35. The number of rotatable bonds is 5. The van der Waals surface area contributed by atoms with Crippen molar-refractivity contribution in [3.05, 3.63) is 59.7 Å². The Bertz CT molecular complexity index is 987. The lowest BCUT2D eigenvalue weighted by atomic mass is 9.98. The number of carbonyl (C=O) groups excluding carboxylic acids is 3. The summed E-state index contributed by atoms with van der Waals surface area (Å²) in [5, 5.41) is 2.91. The lowest BCUT2D eigenvalue weighted by Gasteiger charge is -2.48. The van der Waals surface area contributed by atoms with Gasteiger partial charge in [-0.3, -0.25) is 19.3 Å². The monoisotopic (exact) mass is 391 g/mol. The van der Waals surface area contributed by atoms with Gasteiger partial charge < -0.3 is 10.2 Å². The number of para-hydroxylation sites is 1. The molecule has 1 fully saturated rings. The molecule has 2 aliphatic heterocycles. The van der Waals surface area contributed by atoms with Crippen LogP contribution in [0.25, 0.3) is 0 Å². The van der Waals surface area contributed by atoms with Gasteiger partial charge in [0.25, 0.3) is 5.91 Å². The first kappa shape index (κ1) is 19.2. The van der Waals surface area contributed by atoms with Crippen molar-refractivity contribution in [1.29, 1.82) is 0 Å². The van der Waals surface area contributed by atoms with Gasteiger partial charge in [0.05, 0.1) is 11.3 Å². The maximum Gasteiger partial charge on any atom is 0.257 e. The van der Waals surface area contributed by atoms with Crippen LogP contribution in [0.5, 0.6) is 0 Å². The van der Waals surface area contributed by atoms with Crippen molar-refractivity contribution in [2.24, 2.45) is 0 Å². The summed E-state index contributed by atoms with van der Waals surface area (Å²) in [6.45, 7) is 4.23. The molecule has 150 valence electrons. The third-order valence-corrected chi connectivity index (χ3v) is 5.93. The Balaban J connectivity index is 1.53. The summed E-state index contributed by atoms with van der Waals surface area (Å²) in [6, 6.07) is 15.0. The van der Waals surface area contributed by atoms with Crippen molar-refractivity contribution >= 4 is 29.1 Å². The van der Waals surface area contributed by atoms with Gasteiger partial charge in [-0.05, 0) is 49.6 Å². The van der Waals surface area contributed by atoms with Crippen LogP contribution >= 0.6 is 0 Å². The van der Waals surface area contributed by atoms with Crippen molar-refractivity contribution in [2.75, 3.05) is 16.8 Å². The van der Waals surface area contributed by atoms with Gasteiger partial charge >= 0.3 is 0 Å². The van der Waals surface area contributed by atoms with E-state index in [-0.39, 0.29) is 30.7 Å². The fraction of sp³-hybridized carbons (Fsp3) is 0.348. The van der Waals surface area contributed by atoms with Crippen LogP contribution in [-0.4, -0.2) is 34.8 Å². The molecule has 2 aromatic carbocycles. The summed E-state index contributed by atoms with van der Waals surface area (Å²) in [6.07, 6.45) is 2.02. The molecule has 0 aromatic heterocycles. The Morgan fingerprint density at radius 3 is 2.72 bits per heavy atom. The normalized spacial score (nSPS) is 20.5. The number of hydrogen-bond acceptors (Lipinski definition) is 3. The van der Waals surface area contributed by atoms with E-state index in [1.54, 1.807) is 21.9 Å². The van der Waals surface area contributed by atoms with Crippen LogP contribution in [-0.2, 0) is 16.0 Å². The maximum atomic E-state index is 13.2. The summed E-state index contributed by atoms with van der Waals surface area (Å²) < 4.78 is 0. The van der Waals surface area contributed by atoms with Crippen LogP contribution < -0.4 is 10.2 Å². The molecule has 1 saturated heterocycles. The minimum absolute atomic E-state index is 0.0123. The Kier molecular flexibility index (Phi) is 4.86. The van der Waals surface area contributed by atoms with E-state index in [9.17, 15) is 14.4 Å². The van der Waals surface area contributed by atoms with Gasteiger partial charge in [-0.15, -0.1) is 0 Å². The minimum atomic E-state index is -0.731. The molecule has 2 heterocycles. The van der Waals surface area contributed by atoms with E-state index in [0.29, 0.717) is 24.1 Å². The second kappa shape index (κ2) is 7.35. The smallest absolute Gasteiger partial charge is 0.257 e. The lowest BCUT2D eigenvalue weighted by molar-refractivity contribution is -0.117. The first-order valence-corrected chi connectivity index (χ1v) is 10.1. The highest BCUT2D eigenvalue weighted by Crippen LogP contribution is 2.43. The van der Waals surface area contributed by atoms with Gasteiger partial charge in [-0.2, -0.15) is 0 Å². The average molecular weight is 391 g/mol. The van der Waals surface area contributed by atoms with Gasteiger partial charge in [-0.25, -0.2) is 0 Å². The van der Waals surface area contributed by atoms with Crippen LogP contribution in [0, 0.1) is 0 Å². The number of aryl methyl sites for hydroxylation is 1. The summed E-state index contributed by atoms with van der Waals surface area (Å²) in [5.41, 5.74) is 2.35. The van der Waals surface area contributed by atoms with Crippen molar-refractivity contribution in [1.82, 2.24) is 4.90 Å². The maximum absolute atomic E-state index is 13.2. The van der Waals surface area contributed by atoms with Gasteiger partial charge in [-0.1, -0.05) is 31.2 Å². The van der Waals surface area contributed by atoms with E-state index >= 15 is 0 Å². The molecule has 4 rings (SSSR count). The summed E-state index contributed by atoms with van der Waals surface area (Å²) in [4.78, 5) is 41.7. The average Bonchev–Trinajstić information content (AvgIpc) is 3.03. The van der Waals surface area contributed by atoms with E-state index in [1.165, 1.54) is 0 Å². The molecule has 3 amide bonds. The zero-order chi connectivity index (χ0) is 20.6. The van der Waals surface area contributed by atoms with E-state index < -0.39 is 5.66 Å². The minimum Gasteiger partial charge on any atom is -0.326 e. The van der Waals surface area contributed by atoms with Crippen LogP contribution in [0.2, 0.25) is 0 Å². The number of hydrogen-bond donors (Lipinski definition) is 1. The second-order valence-electron chi connectivity index (χ2n) is 7.77. The third-order valence-electron chi connectivity index (χ3n) is 5.93. The summed E-state index contributed by atoms with van der Waals surface area (Å²) >= 11 is 0. The highest BCUT2D eigenvalue weighted by Gasteiger charge is 2.52. The molecule has 0 aliphatic carbocycles. The molecule has 0 bridgehead atoms.